The number of carbonyl (C=O) groups is 1. The Balaban J connectivity index is 0.000000497. The Hall–Kier alpha value is -1.15. The second kappa shape index (κ2) is 9.69. The SMILES string of the molecule is CC(=O)Nc1ccc([As](=O)(O)OO)cc1.CC1(C)CCCC(C)(C)N1.N. The molecule has 8 nitrogen and oxygen atoms in total. The number of hydrogen-bond acceptors (Lipinski definition) is 6. The summed E-state index contributed by atoms with van der Waals surface area (Å²) in [6.45, 7) is 10.5. The quantitative estimate of drug-likeness (QED) is 0.279. The Labute approximate surface area is 158 Å². The van der Waals surface area contributed by atoms with Gasteiger partial charge in [-0.15, -0.1) is 0 Å². The fraction of sp³-hybridized carbons (Fsp3) is 0.588. The van der Waals surface area contributed by atoms with E-state index >= 15 is 0 Å². The summed E-state index contributed by atoms with van der Waals surface area (Å²) in [5.41, 5.74) is 1.23. The Bertz CT molecular complexity index is 618. The van der Waals surface area contributed by atoms with Crippen LogP contribution in [0.15, 0.2) is 24.3 Å². The topological polar surface area (TPSA) is 143 Å². The molecule has 1 amide bonds. The summed E-state index contributed by atoms with van der Waals surface area (Å²) in [6, 6.07) is 5.50. The zero-order chi connectivity index (χ0) is 19.3. The van der Waals surface area contributed by atoms with Crippen molar-refractivity contribution in [2.75, 3.05) is 5.32 Å². The van der Waals surface area contributed by atoms with Gasteiger partial charge in [0.05, 0.1) is 0 Å². The summed E-state index contributed by atoms with van der Waals surface area (Å²) in [6.07, 6.45) is 4.00. The smallest absolute Gasteiger partial charge is 0.0130 e. The van der Waals surface area contributed by atoms with Gasteiger partial charge in [-0.2, -0.15) is 0 Å². The van der Waals surface area contributed by atoms with Crippen molar-refractivity contribution in [2.45, 2.75) is 65.0 Å². The van der Waals surface area contributed by atoms with Gasteiger partial charge in [0.1, 0.15) is 0 Å². The molecule has 1 atom stereocenters. The van der Waals surface area contributed by atoms with Crippen LogP contribution in [-0.2, 0) is 12.4 Å². The Kier molecular flexibility index (Phi) is 9.26. The van der Waals surface area contributed by atoms with Crippen molar-refractivity contribution in [3.63, 3.8) is 0 Å². The second-order valence-electron chi connectivity index (χ2n) is 7.58. The standard InChI is InChI=1S/C9H19N.C8H10AsNO5.H3N/c1-8(2)6-5-7-9(3,4)10-8;1-6(11)10-8-4-2-7(3-5-8)9(12,13)15-14;/h10H,5-7H2,1-4H3;2-5,14H,1H3,(H,10,11)(H,12,13);1H3. The molecule has 0 aromatic heterocycles. The molecule has 1 fully saturated rings. The van der Waals surface area contributed by atoms with Crippen molar-refractivity contribution in [1.82, 2.24) is 11.5 Å². The summed E-state index contributed by atoms with van der Waals surface area (Å²) in [5, 5.41) is 14.3. The van der Waals surface area contributed by atoms with Gasteiger partial charge in [-0.3, -0.25) is 0 Å². The first-order valence-electron chi connectivity index (χ1n) is 8.20. The summed E-state index contributed by atoms with van der Waals surface area (Å²) < 4.78 is 23.8. The number of anilines is 1. The van der Waals surface area contributed by atoms with Crippen molar-refractivity contribution in [2.24, 2.45) is 0 Å². The minimum atomic E-state index is -4.76. The zero-order valence-corrected chi connectivity index (χ0v) is 18.1. The molecule has 7 N–H and O–H groups in total. The van der Waals surface area contributed by atoms with Crippen molar-refractivity contribution in [1.29, 1.82) is 0 Å². The third kappa shape index (κ3) is 8.49. The maximum Gasteiger partial charge on any atom is 0.0130 e. The van der Waals surface area contributed by atoms with Crippen LogP contribution in [-0.4, -0.2) is 40.5 Å². The summed E-state index contributed by atoms with van der Waals surface area (Å²) in [7, 11) is 0. The summed E-state index contributed by atoms with van der Waals surface area (Å²) in [4.78, 5) is 10.7. The van der Waals surface area contributed by atoms with E-state index in [-0.39, 0.29) is 16.4 Å². The third-order valence-corrected chi connectivity index (χ3v) is 6.36. The number of piperidine rings is 1. The van der Waals surface area contributed by atoms with Gasteiger partial charge >= 0.3 is 88.4 Å². The van der Waals surface area contributed by atoms with Gasteiger partial charge in [-0.1, -0.05) is 0 Å². The second-order valence-corrected chi connectivity index (χ2v) is 11.2. The van der Waals surface area contributed by atoms with Crippen LogP contribution in [0.1, 0.15) is 53.9 Å². The van der Waals surface area contributed by atoms with Crippen LogP contribution >= 0.6 is 0 Å². The van der Waals surface area contributed by atoms with Crippen LogP contribution in [0.3, 0.4) is 0 Å². The molecule has 150 valence electrons. The molecule has 1 aliphatic rings. The molecule has 0 bridgehead atoms. The molecule has 0 spiro atoms. The van der Waals surface area contributed by atoms with Crippen molar-refractivity contribution in [3.8, 4) is 0 Å². The number of rotatable bonds is 3. The summed E-state index contributed by atoms with van der Waals surface area (Å²) >= 11 is -4.76. The van der Waals surface area contributed by atoms with E-state index in [0.29, 0.717) is 16.8 Å². The first kappa shape index (κ1) is 24.8. The third-order valence-electron chi connectivity index (χ3n) is 3.90. The molecule has 0 saturated carbocycles. The number of hydrogen-bond donors (Lipinski definition) is 5. The molecule has 1 unspecified atom stereocenters. The van der Waals surface area contributed by atoms with Crippen molar-refractivity contribution < 1.29 is 21.8 Å². The molecule has 0 radical (unpaired) electrons. The molecule has 1 saturated heterocycles. The molecule has 1 heterocycles. The van der Waals surface area contributed by atoms with Crippen LogP contribution in [0.5, 0.6) is 0 Å². The minimum absolute atomic E-state index is 0. The van der Waals surface area contributed by atoms with Crippen LogP contribution < -0.4 is 21.1 Å². The fourth-order valence-electron chi connectivity index (χ4n) is 3.00. The van der Waals surface area contributed by atoms with E-state index in [9.17, 15) is 8.53 Å². The maximum absolute atomic E-state index is 11.2. The molecule has 2 rings (SSSR count). The van der Waals surface area contributed by atoms with Gasteiger partial charge < -0.3 is 11.5 Å². The van der Waals surface area contributed by atoms with Gasteiger partial charge in [-0.05, 0) is 47.0 Å². The van der Waals surface area contributed by atoms with Gasteiger partial charge in [0.15, 0.2) is 0 Å². The van der Waals surface area contributed by atoms with Gasteiger partial charge in [-0.25, -0.2) is 0 Å². The van der Waals surface area contributed by atoms with Crippen LogP contribution in [0.25, 0.3) is 0 Å². The molecule has 1 aromatic carbocycles. The van der Waals surface area contributed by atoms with E-state index in [1.165, 1.54) is 50.5 Å². The average Bonchev–Trinajstić information content (AvgIpc) is 2.45. The maximum atomic E-state index is 11.2. The predicted octanol–water partition coefficient (Wildman–Crippen LogP) is 2.18. The minimum Gasteiger partial charge on any atom is -0.344 e. The van der Waals surface area contributed by atoms with Gasteiger partial charge in [0.25, 0.3) is 0 Å². The number of amides is 1. The Morgan fingerprint density at radius 3 is 1.92 bits per heavy atom. The monoisotopic (exact) mass is 433 g/mol. The van der Waals surface area contributed by atoms with E-state index in [0.717, 1.165) is 0 Å². The van der Waals surface area contributed by atoms with Crippen LogP contribution in [0.4, 0.5) is 5.69 Å². The van der Waals surface area contributed by atoms with Crippen LogP contribution in [0.2, 0.25) is 0 Å². The normalized spacial score (nSPS) is 19.8. The molecule has 9 heteroatoms. The van der Waals surface area contributed by atoms with E-state index < -0.39 is 14.2 Å². The number of carbonyl (C=O) groups excluding carboxylic acids is 1. The Morgan fingerprint density at radius 1 is 1.15 bits per heavy atom. The van der Waals surface area contributed by atoms with E-state index in [2.05, 4.69) is 42.2 Å². The molecular formula is C17H32AsN3O5. The van der Waals surface area contributed by atoms with Gasteiger partial charge in [0.2, 0.25) is 0 Å². The Morgan fingerprint density at radius 2 is 1.62 bits per heavy atom. The number of benzene rings is 1. The molecular weight excluding hydrogens is 401 g/mol. The summed E-state index contributed by atoms with van der Waals surface area (Å²) in [5.74, 6) is -0.237. The fourth-order valence-corrected chi connectivity index (χ4v) is 4.30. The molecule has 0 aliphatic carbocycles. The average molecular weight is 433 g/mol. The number of nitrogens with one attached hydrogen (secondary N) is 2. The van der Waals surface area contributed by atoms with E-state index in [1.54, 1.807) is 0 Å². The van der Waals surface area contributed by atoms with Crippen LogP contribution in [0, 0.1) is 0 Å². The predicted molar refractivity (Wildman–Crippen MR) is 103 cm³/mol. The zero-order valence-electron chi connectivity index (χ0n) is 16.2. The molecule has 1 aliphatic heterocycles. The first-order chi connectivity index (χ1) is 11.4. The molecule has 26 heavy (non-hydrogen) atoms. The molecule has 1 aromatic rings. The van der Waals surface area contributed by atoms with Crippen molar-refractivity contribution >= 4 is 30.1 Å². The van der Waals surface area contributed by atoms with Gasteiger partial charge in [0, 0.05) is 11.1 Å². The first-order valence-corrected chi connectivity index (χ1v) is 11.5. The van der Waals surface area contributed by atoms with E-state index in [1.807, 2.05) is 0 Å². The van der Waals surface area contributed by atoms with E-state index in [4.69, 9.17) is 9.35 Å². The van der Waals surface area contributed by atoms with Crippen molar-refractivity contribution in [3.05, 3.63) is 24.3 Å². The largest absolute Gasteiger partial charge is 0.344 e.